The van der Waals surface area contributed by atoms with Gasteiger partial charge in [-0.05, 0) is 25.0 Å². The number of hydrogen-bond acceptors (Lipinski definition) is 4. The van der Waals surface area contributed by atoms with Gasteiger partial charge in [0.05, 0.1) is 6.61 Å². The highest BCUT2D eigenvalue weighted by Gasteiger charge is 2.32. The monoisotopic (exact) mass is 302 g/mol. The van der Waals surface area contributed by atoms with Crippen molar-refractivity contribution in [3.63, 3.8) is 0 Å². The number of sulfonamides is 1. The van der Waals surface area contributed by atoms with Gasteiger partial charge in [0.25, 0.3) is 0 Å². The number of nitrogens with one attached hydrogen (secondary N) is 1. The molecule has 1 aliphatic carbocycles. The van der Waals surface area contributed by atoms with Crippen LogP contribution >= 0.6 is 11.6 Å². The molecule has 7 heteroatoms. The van der Waals surface area contributed by atoms with Crippen LogP contribution in [-0.2, 0) is 10.0 Å². The predicted octanol–water partition coefficient (Wildman–Crippen LogP) is 1.56. The summed E-state index contributed by atoms with van der Waals surface area (Å²) in [6.07, 6.45) is 2.41. The van der Waals surface area contributed by atoms with Gasteiger partial charge >= 0.3 is 0 Å². The normalized spacial score (nSPS) is 22.7. The first-order valence-corrected chi connectivity index (χ1v) is 8.07. The first-order valence-electron chi connectivity index (χ1n) is 6.21. The minimum Gasteiger partial charge on any atom is -0.492 e. The van der Waals surface area contributed by atoms with E-state index in [-0.39, 0.29) is 17.0 Å². The molecule has 0 radical (unpaired) electrons. The molecule has 0 saturated heterocycles. The third-order valence-electron chi connectivity index (χ3n) is 3.31. The van der Waals surface area contributed by atoms with Crippen molar-refractivity contribution < 1.29 is 13.2 Å². The fourth-order valence-electron chi connectivity index (χ4n) is 2.15. The van der Waals surface area contributed by atoms with Crippen LogP contribution in [0.5, 0.6) is 5.75 Å². The van der Waals surface area contributed by atoms with E-state index in [2.05, 4.69) is 4.72 Å². The van der Waals surface area contributed by atoms with Crippen LogP contribution in [0.1, 0.15) is 30.9 Å². The van der Waals surface area contributed by atoms with Gasteiger partial charge in [-0.1, -0.05) is 11.6 Å². The van der Waals surface area contributed by atoms with E-state index < -0.39 is 10.0 Å². The lowest BCUT2D eigenvalue weighted by Crippen LogP contribution is -2.28. The van der Waals surface area contributed by atoms with Crippen LogP contribution in [0, 0.1) is 0 Å². The van der Waals surface area contributed by atoms with E-state index in [0.717, 1.165) is 12.8 Å². The molecule has 0 bridgehead atoms. The highest BCUT2D eigenvalue weighted by atomic mass is 35.5. The van der Waals surface area contributed by atoms with Crippen molar-refractivity contribution in [3.05, 3.63) is 22.7 Å². The third kappa shape index (κ3) is 2.58. The Labute approximate surface area is 117 Å². The maximum absolute atomic E-state index is 12.3. The molecule has 1 aromatic carbocycles. The molecule has 19 heavy (non-hydrogen) atoms. The van der Waals surface area contributed by atoms with Gasteiger partial charge in [0.15, 0.2) is 0 Å². The maximum atomic E-state index is 12.3. The summed E-state index contributed by atoms with van der Waals surface area (Å²) in [7, 11) is -3.60. The summed E-state index contributed by atoms with van der Waals surface area (Å²) in [4.78, 5) is 0.0945. The lowest BCUT2D eigenvalue weighted by atomic mass is 10.0. The Balaban J connectivity index is 2.09. The van der Waals surface area contributed by atoms with Gasteiger partial charge in [-0.3, -0.25) is 0 Å². The van der Waals surface area contributed by atoms with Crippen LogP contribution in [0.4, 0.5) is 0 Å². The second-order valence-corrected chi connectivity index (χ2v) is 7.08. The average Bonchev–Trinajstić information content (AvgIpc) is 3.12. The molecule has 1 fully saturated rings. The number of nitrogens with two attached hydrogens (primary N) is 1. The summed E-state index contributed by atoms with van der Waals surface area (Å²) in [5.74, 6) is 0.344. The van der Waals surface area contributed by atoms with Gasteiger partial charge < -0.3 is 10.5 Å². The van der Waals surface area contributed by atoms with Gasteiger partial charge in [0.1, 0.15) is 10.6 Å². The van der Waals surface area contributed by atoms with Crippen LogP contribution in [0.25, 0.3) is 0 Å². The number of benzene rings is 1. The van der Waals surface area contributed by atoms with E-state index in [9.17, 15) is 8.42 Å². The molecule has 1 aromatic rings. The largest absolute Gasteiger partial charge is 0.492 e. The molecule has 0 spiro atoms. The summed E-state index contributed by atoms with van der Waals surface area (Å²) in [5, 5.41) is 0.357. The fraction of sp³-hybridized carbons (Fsp3) is 0.500. The standard InChI is InChI=1S/C12H15ClN2O3S/c13-7-5-9-10(14)3-4-18-12(9)11(6-7)19(16,17)15-8-1-2-8/h5-6,8,10,15H,1-4,14H2. The molecule has 1 heterocycles. The van der Waals surface area contributed by atoms with E-state index in [0.29, 0.717) is 29.4 Å². The highest BCUT2D eigenvalue weighted by Crippen LogP contribution is 2.39. The zero-order valence-corrected chi connectivity index (χ0v) is 11.8. The zero-order valence-electron chi connectivity index (χ0n) is 10.2. The second kappa shape index (κ2) is 4.63. The van der Waals surface area contributed by atoms with Gasteiger partial charge in [0.2, 0.25) is 10.0 Å². The molecule has 1 saturated carbocycles. The zero-order chi connectivity index (χ0) is 13.6. The number of hydrogen-bond donors (Lipinski definition) is 2. The Morgan fingerprint density at radius 1 is 1.32 bits per heavy atom. The quantitative estimate of drug-likeness (QED) is 0.888. The molecular weight excluding hydrogens is 288 g/mol. The first-order chi connectivity index (χ1) is 8.97. The molecule has 104 valence electrons. The summed E-state index contributed by atoms with van der Waals surface area (Å²) < 4.78 is 32.8. The molecule has 3 N–H and O–H groups in total. The van der Waals surface area contributed by atoms with E-state index >= 15 is 0 Å². The molecule has 5 nitrogen and oxygen atoms in total. The van der Waals surface area contributed by atoms with Crippen molar-refractivity contribution in [2.75, 3.05) is 6.61 Å². The minimum atomic E-state index is -3.60. The Bertz CT molecular complexity index is 614. The Kier molecular flexibility index (Phi) is 3.21. The number of rotatable bonds is 3. The topological polar surface area (TPSA) is 81.4 Å². The van der Waals surface area contributed by atoms with Gasteiger partial charge in [-0.2, -0.15) is 0 Å². The molecule has 1 atom stereocenters. The molecule has 1 unspecified atom stereocenters. The van der Waals surface area contributed by atoms with Crippen molar-refractivity contribution in [1.29, 1.82) is 0 Å². The highest BCUT2D eigenvalue weighted by molar-refractivity contribution is 7.89. The van der Waals surface area contributed by atoms with Crippen LogP contribution in [0.15, 0.2) is 17.0 Å². The summed E-state index contributed by atoms with van der Waals surface area (Å²) in [6.45, 7) is 0.418. The summed E-state index contributed by atoms with van der Waals surface area (Å²) in [5.41, 5.74) is 6.65. The van der Waals surface area contributed by atoms with Crippen molar-refractivity contribution in [2.24, 2.45) is 5.73 Å². The van der Waals surface area contributed by atoms with E-state index in [1.165, 1.54) is 6.07 Å². The van der Waals surface area contributed by atoms with Crippen molar-refractivity contribution in [3.8, 4) is 5.75 Å². The molecule has 0 aromatic heterocycles. The van der Waals surface area contributed by atoms with E-state index in [1.807, 2.05) is 0 Å². The SMILES string of the molecule is NC1CCOc2c1cc(Cl)cc2S(=O)(=O)NC1CC1. The second-order valence-electron chi connectivity index (χ2n) is 4.96. The van der Waals surface area contributed by atoms with Crippen LogP contribution < -0.4 is 15.2 Å². The molecule has 1 aliphatic heterocycles. The van der Waals surface area contributed by atoms with Crippen molar-refractivity contribution in [1.82, 2.24) is 4.72 Å². The third-order valence-corrected chi connectivity index (χ3v) is 5.06. The Hall–Kier alpha value is -0.820. The Morgan fingerprint density at radius 3 is 2.74 bits per heavy atom. The molecular formula is C12H15ClN2O3S. The van der Waals surface area contributed by atoms with Gasteiger partial charge in [-0.15, -0.1) is 0 Å². The smallest absolute Gasteiger partial charge is 0.244 e. The van der Waals surface area contributed by atoms with Gasteiger partial charge in [0, 0.05) is 29.1 Å². The van der Waals surface area contributed by atoms with Crippen LogP contribution in [-0.4, -0.2) is 21.1 Å². The molecule has 2 aliphatic rings. The number of fused-ring (bicyclic) bond motifs is 1. The number of ether oxygens (including phenoxy) is 1. The lowest BCUT2D eigenvalue weighted by Gasteiger charge is -2.25. The average molecular weight is 303 g/mol. The first kappa shape index (κ1) is 13.2. The fourth-order valence-corrected chi connectivity index (χ4v) is 3.94. The molecule has 3 rings (SSSR count). The molecule has 0 amide bonds. The van der Waals surface area contributed by atoms with Crippen LogP contribution in [0.3, 0.4) is 0 Å². The van der Waals surface area contributed by atoms with E-state index in [1.54, 1.807) is 6.07 Å². The van der Waals surface area contributed by atoms with Crippen molar-refractivity contribution in [2.45, 2.75) is 36.2 Å². The van der Waals surface area contributed by atoms with Gasteiger partial charge in [-0.25, -0.2) is 13.1 Å². The van der Waals surface area contributed by atoms with E-state index in [4.69, 9.17) is 22.1 Å². The predicted molar refractivity (Wildman–Crippen MR) is 71.8 cm³/mol. The summed E-state index contributed by atoms with van der Waals surface area (Å²) in [6, 6.07) is 2.90. The Morgan fingerprint density at radius 2 is 2.05 bits per heavy atom. The minimum absolute atomic E-state index is 0.0388. The van der Waals surface area contributed by atoms with Crippen LogP contribution in [0.2, 0.25) is 5.02 Å². The maximum Gasteiger partial charge on any atom is 0.244 e. The number of halogens is 1. The lowest BCUT2D eigenvalue weighted by molar-refractivity contribution is 0.261. The summed E-state index contributed by atoms with van der Waals surface area (Å²) >= 11 is 6.00. The van der Waals surface area contributed by atoms with Crippen molar-refractivity contribution >= 4 is 21.6 Å².